The lowest BCUT2D eigenvalue weighted by Gasteiger charge is -2.12. The molecule has 0 atom stereocenters. The van der Waals surface area contributed by atoms with Gasteiger partial charge in [0.2, 0.25) is 10.0 Å². The minimum absolute atomic E-state index is 0.0714. The number of aromatic nitrogens is 2. The fourth-order valence-corrected chi connectivity index (χ4v) is 3.07. The van der Waals surface area contributed by atoms with Crippen molar-refractivity contribution >= 4 is 10.0 Å². The highest BCUT2D eigenvalue weighted by Gasteiger charge is 2.18. The smallest absolute Gasteiger partial charge is 0.437 e. The molecule has 0 saturated heterocycles. The van der Waals surface area contributed by atoms with Gasteiger partial charge in [0.15, 0.2) is 5.76 Å². The molecule has 1 aromatic carbocycles. The molecule has 0 aliphatic rings. The quantitative estimate of drug-likeness (QED) is 0.690. The summed E-state index contributed by atoms with van der Waals surface area (Å²) in [6.07, 6.45) is 1.45. The first kappa shape index (κ1) is 16.2. The van der Waals surface area contributed by atoms with E-state index in [4.69, 9.17) is 8.83 Å². The Bertz CT molecular complexity index is 1000. The van der Waals surface area contributed by atoms with Gasteiger partial charge in [0.25, 0.3) is 5.89 Å². The highest BCUT2D eigenvalue weighted by Crippen LogP contribution is 2.17. The summed E-state index contributed by atoms with van der Waals surface area (Å²) in [5, 5.41) is 4.06. The van der Waals surface area contributed by atoms with Gasteiger partial charge in [-0.15, -0.1) is 5.10 Å². The third-order valence-corrected chi connectivity index (χ3v) is 5.16. The molecular formula is C15H15N3O5S. The highest BCUT2D eigenvalue weighted by atomic mass is 32.2. The van der Waals surface area contributed by atoms with Crippen molar-refractivity contribution in [2.45, 2.75) is 11.4 Å². The van der Waals surface area contributed by atoms with Gasteiger partial charge in [-0.2, -0.15) is 4.68 Å². The van der Waals surface area contributed by atoms with E-state index in [2.05, 4.69) is 5.10 Å². The van der Waals surface area contributed by atoms with Crippen LogP contribution in [-0.2, 0) is 16.6 Å². The van der Waals surface area contributed by atoms with Gasteiger partial charge < -0.3 is 8.83 Å². The zero-order chi connectivity index (χ0) is 17.3. The fraction of sp³-hybridized carbons (Fsp3) is 0.200. The molecule has 126 valence electrons. The molecule has 0 spiro atoms. The lowest BCUT2D eigenvalue weighted by molar-refractivity contribution is 0.476. The molecule has 0 saturated carbocycles. The molecule has 8 nitrogen and oxygen atoms in total. The third-order valence-electron chi connectivity index (χ3n) is 3.35. The second-order valence-electron chi connectivity index (χ2n) is 5.24. The monoisotopic (exact) mass is 349 g/mol. The van der Waals surface area contributed by atoms with Crippen molar-refractivity contribution in [3.05, 3.63) is 58.8 Å². The van der Waals surface area contributed by atoms with Gasteiger partial charge in [-0.25, -0.2) is 17.5 Å². The Morgan fingerprint density at radius 3 is 2.67 bits per heavy atom. The van der Waals surface area contributed by atoms with Crippen molar-refractivity contribution in [3.63, 3.8) is 0 Å². The van der Waals surface area contributed by atoms with Crippen LogP contribution in [0.5, 0.6) is 0 Å². The first-order valence-corrected chi connectivity index (χ1v) is 8.45. The van der Waals surface area contributed by atoms with E-state index < -0.39 is 15.8 Å². The minimum Gasteiger partial charge on any atom is -0.459 e. The summed E-state index contributed by atoms with van der Waals surface area (Å²) in [6.45, 7) is 0.0832. The molecular weight excluding hydrogens is 334 g/mol. The highest BCUT2D eigenvalue weighted by molar-refractivity contribution is 7.89. The van der Waals surface area contributed by atoms with E-state index in [1.54, 1.807) is 24.3 Å². The van der Waals surface area contributed by atoms with Crippen molar-refractivity contribution in [1.82, 2.24) is 14.1 Å². The molecule has 3 aromatic rings. The Morgan fingerprint density at radius 1 is 1.21 bits per heavy atom. The largest absolute Gasteiger partial charge is 0.459 e. The Kier molecular flexibility index (Phi) is 4.12. The second-order valence-corrected chi connectivity index (χ2v) is 7.39. The van der Waals surface area contributed by atoms with E-state index >= 15 is 0 Å². The van der Waals surface area contributed by atoms with Crippen LogP contribution in [0.2, 0.25) is 0 Å². The summed E-state index contributed by atoms with van der Waals surface area (Å²) in [6, 6.07) is 9.61. The summed E-state index contributed by atoms with van der Waals surface area (Å²) >= 11 is 0. The first-order chi connectivity index (χ1) is 11.4. The summed E-state index contributed by atoms with van der Waals surface area (Å²) in [5.41, 5.74) is 0.610. The van der Waals surface area contributed by atoms with Gasteiger partial charge in [-0.3, -0.25) is 0 Å². The van der Waals surface area contributed by atoms with E-state index in [1.165, 1.54) is 32.5 Å². The van der Waals surface area contributed by atoms with Gasteiger partial charge in [0.1, 0.15) is 0 Å². The van der Waals surface area contributed by atoms with Crippen LogP contribution in [0.4, 0.5) is 0 Å². The molecule has 0 fully saturated rings. The Balaban J connectivity index is 1.92. The Hall–Kier alpha value is -2.65. The Morgan fingerprint density at radius 2 is 2.00 bits per heavy atom. The fourth-order valence-electron chi connectivity index (χ4n) is 2.09. The van der Waals surface area contributed by atoms with Crippen molar-refractivity contribution in [3.8, 4) is 11.7 Å². The number of hydrogen-bond donors (Lipinski definition) is 0. The van der Waals surface area contributed by atoms with E-state index in [-0.39, 0.29) is 17.3 Å². The van der Waals surface area contributed by atoms with Crippen molar-refractivity contribution in [2.75, 3.05) is 14.1 Å². The first-order valence-electron chi connectivity index (χ1n) is 7.01. The maximum atomic E-state index is 12.2. The van der Waals surface area contributed by atoms with Gasteiger partial charge in [-0.05, 0) is 29.8 Å². The van der Waals surface area contributed by atoms with Crippen molar-refractivity contribution in [2.24, 2.45) is 0 Å². The molecule has 9 heteroatoms. The molecule has 2 heterocycles. The number of rotatable bonds is 5. The molecule has 24 heavy (non-hydrogen) atoms. The van der Waals surface area contributed by atoms with Crippen LogP contribution in [0.1, 0.15) is 5.56 Å². The minimum atomic E-state index is -3.54. The molecule has 0 N–H and O–H groups in total. The van der Waals surface area contributed by atoms with E-state index in [1.807, 2.05) is 0 Å². The topological polar surface area (TPSA) is 98.6 Å². The van der Waals surface area contributed by atoms with Crippen molar-refractivity contribution in [1.29, 1.82) is 0 Å². The average molecular weight is 349 g/mol. The maximum Gasteiger partial charge on any atom is 0.437 e. The molecule has 0 unspecified atom stereocenters. The molecule has 0 amide bonds. The third kappa shape index (κ3) is 3.03. The molecule has 0 aliphatic carbocycles. The van der Waals surface area contributed by atoms with Gasteiger partial charge >= 0.3 is 5.76 Å². The number of sulfonamides is 1. The van der Waals surface area contributed by atoms with E-state index in [9.17, 15) is 13.2 Å². The molecule has 0 radical (unpaired) electrons. The van der Waals surface area contributed by atoms with Crippen LogP contribution in [0.15, 0.2) is 61.2 Å². The van der Waals surface area contributed by atoms with E-state index in [0.717, 1.165) is 8.99 Å². The van der Waals surface area contributed by atoms with Gasteiger partial charge in [0.05, 0.1) is 17.7 Å². The standard InChI is InChI=1S/C15H15N3O5S/c1-17(2)24(20,21)12-6-3-5-11(9-12)10-18-15(19)23-14(16-18)13-7-4-8-22-13/h3-9H,10H2,1-2H3. The molecule has 0 bridgehead atoms. The SMILES string of the molecule is CN(C)S(=O)(=O)c1cccc(Cn2nc(-c3ccco3)oc2=O)c1. The summed E-state index contributed by atoms with van der Waals surface area (Å²) < 4.78 is 36.8. The second kappa shape index (κ2) is 6.10. The number of furan rings is 1. The van der Waals surface area contributed by atoms with E-state index in [0.29, 0.717) is 11.3 Å². The maximum absolute atomic E-state index is 12.2. The normalized spacial score (nSPS) is 12.0. The van der Waals surface area contributed by atoms with Crippen LogP contribution in [-0.4, -0.2) is 36.6 Å². The van der Waals surface area contributed by atoms with Crippen LogP contribution in [0.25, 0.3) is 11.7 Å². The van der Waals surface area contributed by atoms with Crippen LogP contribution in [0.3, 0.4) is 0 Å². The van der Waals surface area contributed by atoms with Crippen LogP contribution < -0.4 is 5.76 Å². The lowest BCUT2D eigenvalue weighted by Crippen LogP contribution is -2.22. The number of hydrogen-bond acceptors (Lipinski definition) is 6. The predicted octanol–water partition coefficient (Wildman–Crippen LogP) is 1.39. The zero-order valence-corrected chi connectivity index (χ0v) is 13.9. The molecule has 3 rings (SSSR count). The van der Waals surface area contributed by atoms with Gasteiger partial charge in [-0.1, -0.05) is 12.1 Å². The lowest BCUT2D eigenvalue weighted by atomic mass is 10.2. The number of benzene rings is 1. The number of nitrogens with zero attached hydrogens (tertiary/aromatic N) is 3. The van der Waals surface area contributed by atoms with Crippen LogP contribution >= 0.6 is 0 Å². The van der Waals surface area contributed by atoms with Crippen molar-refractivity contribution < 1.29 is 17.3 Å². The molecule has 0 aliphatic heterocycles. The summed E-state index contributed by atoms with van der Waals surface area (Å²) in [4.78, 5) is 12.0. The summed E-state index contributed by atoms with van der Waals surface area (Å²) in [7, 11) is -0.629. The zero-order valence-electron chi connectivity index (χ0n) is 13.0. The van der Waals surface area contributed by atoms with Crippen LogP contribution in [0, 0.1) is 0 Å². The average Bonchev–Trinajstić information content (AvgIpc) is 3.18. The van der Waals surface area contributed by atoms with Gasteiger partial charge in [0, 0.05) is 14.1 Å². The summed E-state index contributed by atoms with van der Waals surface area (Å²) in [5.74, 6) is -0.237. The predicted molar refractivity (Wildman–Crippen MR) is 84.9 cm³/mol. The molecule has 2 aromatic heterocycles. The Labute approximate surface area is 138 Å².